The van der Waals surface area contributed by atoms with E-state index in [0.29, 0.717) is 17.8 Å². The molecule has 31 heavy (non-hydrogen) atoms. The summed E-state index contributed by atoms with van der Waals surface area (Å²) in [5.41, 5.74) is 3.60. The molecule has 164 valence electrons. The molecule has 0 heterocycles. The standard InChI is InChI=1S/C28H34O3/c1-18(29)31-21-13-15-27(2)20(17-21)9-10-22-23-11-12-25(28(23,3)16-14-24(22)27)26(30)19-7-5-4-6-8-19/h4-9,12,21-24H,10-11,13-17H2,1-3H3/t21-,22-,23-,24+,27+,28+/m1/s1. The smallest absolute Gasteiger partial charge is 0.302 e. The van der Waals surface area contributed by atoms with Crippen LogP contribution in [0, 0.1) is 28.6 Å². The Morgan fingerprint density at radius 2 is 1.68 bits per heavy atom. The second-order valence-corrected chi connectivity index (χ2v) is 10.7. The van der Waals surface area contributed by atoms with Crippen LogP contribution in [-0.4, -0.2) is 17.9 Å². The van der Waals surface area contributed by atoms with E-state index in [2.05, 4.69) is 26.0 Å². The van der Waals surface area contributed by atoms with Crippen LogP contribution in [0.1, 0.15) is 76.1 Å². The highest BCUT2D eigenvalue weighted by atomic mass is 16.5. The first-order valence-corrected chi connectivity index (χ1v) is 12.0. The molecule has 0 amide bonds. The third-order valence-electron chi connectivity index (χ3n) is 9.25. The average Bonchev–Trinajstić information content (AvgIpc) is 3.11. The van der Waals surface area contributed by atoms with E-state index in [1.54, 1.807) is 0 Å². The lowest BCUT2D eigenvalue weighted by Gasteiger charge is -2.57. The Kier molecular flexibility index (Phi) is 4.99. The predicted molar refractivity (Wildman–Crippen MR) is 121 cm³/mol. The molecule has 3 heteroatoms. The highest BCUT2D eigenvalue weighted by Crippen LogP contribution is 2.65. The molecule has 0 bridgehead atoms. The number of esters is 1. The van der Waals surface area contributed by atoms with Crippen LogP contribution in [0.3, 0.4) is 0 Å². The summed E-state index contributed by atoms with van der Waals surface area (Å²) >= 11 is 0. The summed E-state index contributed by atoms with van der Waals surface area (Å²) in [6.45, 7) is 6.33. The summed E-state index contributed by atoms with van der Waals surface area (Å²) in [4.78, 5) is 24.8. The number of hydrogen-bond donors (Lipinski definition) is 0. The van der Waals surface area contributed by atoms with E-state index in [1.807, 2.05) is 30.3 Å². The van der Waals surface area contributed by atoms with Crippen LogP contribution in [0.25, 0.3) is 0 Å². The van der Waals surface area contributed by atoms with Crippen LogP contribution in [0.15, 0.2) is 53.6 Å². The van der Waals surface area contributed by atoms with Gasteiger partial charge in [-0.2, -0.15) is 0 Å². The van der Waals surface area contributed by atoms with Crippen molar-refractivity contribution in [3.8, 4) is 0 Å². The van der Waals surface area contributed by atoms with Crippen molar-refractivity contribution in [3.05, 3.63) is 59.2 Å². The molecule has 1 aromatic rings. The first-order valence-electron chi connectivity index (χ1n) is 12.0. The lowest BCUT2D eigenvalue weighted by atomic mass is 9.47. The van der Waals surface area contributed by atoms with Gasteiger partial charge in [-0.05, 0) is 67.1 Å². The van der Waals surface area contributed by atoms with Crippen LogP contribution in [0.5, 0.6) is 0 Å². The Morgan fingerprint density at radius 1 is 0.935 bits per heavy atom. The molecule has 0 N–H and O–H groups in total. The molecule has 2 saturated carbocycles. The van der Waals surface area contributed by atoms with Gasteiger partial charge in [0.25, 0.3) is 0 Å². The zero-order valence-electron chi connectivity index (χ0n) is 19.0. The summed E-state index contributed by atoms with van der Waals surface area (Å²) in [5.74, 6) is 1.92. The van der Waals surface area contributed by atoms with E-state index in [1.165, 1.54) is 18.9 Å². The number of ketones is 1. The monoisotopic (exact) mass is 418 g/mol. The molecule has 4 aliphatic carbocycles. The van der Waals surface area contributed by atoms with Crippen molar-refractivity contribution in [2.24, 2.45) is 28.6 Å². The van der Waals surface area contributed by atoms with Crippen molar-refractivity contribution < 1.29 is 14.3 Å². The maximum Gasteiger partial charge on any atom is 0.302 e. The summed E-state index contributed by atoms with van der Waals surface area (Å²) in [5, 5.41) is 0. The second-order valence-electron chi connectivity index (χ2n) is 10.7. The van der Waals surface area contributed by atoms with E-state index in [0.717, 1.165) is 49.7 Å². The summed E-state index contributed by atoms with van der Waals surface area (Å²) in [6, 6.07) is 9.78. The minimum absolute atomic E-state index is 0.00919. The first kappa shape index (κ1) is 20.7. The molecule has 4 aliphatic rings. The van der Waals surface area contributed by atoms with Gasteiger partial charge in [0, 0.05) is 24.5 Å². The first-order chi connectivity index (χ1) is 14.8. The number of carbonyl (C=O) groups excluding carboxylic acids is 2. The molecule has 0 radical (unpaired) electrons. The number of rotatable bonds is 3. The van der Waals surface area contributed by atoms with Gasteiger partial charge in [-0.3, -0.25) is 9.59 Å². The topological polar surface area (TPSA) is 43.4 Å². The molecule has 6 atom stereocenters. The fourth-order valence-electron chi connectivity index (χ4n) is 7.63. The Balaban J connectivity index is 1.39. The van der Waals surface area contributed by atoms with Crippen LogP contribution >= 0.6 is 0 Å². The van der Waals surface area contributed by atoms with Crippen molar-refractivity contribution in [2.75, 3.05) is 0 Å². The molecule has 0 spiro atoms. The van der Waals surface area contributed by atoms with Gasteiger partial charge in [0.1, 0.15) is 6.10 Å². The fourth-order valence-corrected chi connectivity index (χ4v) is 7.63. The van der Waals surface area contributed by atoms with Crippen LogP contribution in [0.4, 0.5) is 0 Å². The molecule has 0 saturated heterocycles. The van der Waals surface area contributed by atoms with Gasteiger partial charge in [-0.15, -0.1) is 0 Å². The van der Waals surface area contributed by atoms with E-state index in [9.17, 15) is 9.59 Å². The average molecular weight is 419 g/mol. The van der Waals surface area contributed by atoms with E-state index in [4.69, 9.17) is 4.74 Å². The number of hydrogen-bond acceptors (Lipinski definition) is 3. The Bertz CT molecular complexity index is 958. The third kappa shape index (κ3) is 3.23. The third-order valence-corrected chi connectivity index (χ3v) is 9.25. The van der Waals surface area contributed by atoms with E-state index >= 15 is 0 Å². The highest BCUT2D eigenvalue weighted by molar-refractivity contribution is 6.09. The van der Waals surface area contributed by atoms with Crippen molar-refractivity contribution in [2.45, 2.75) is 71.8 Å². The van der Waals surface area contributed by atoms with E-state index in [-0.39, 0.29) is 28.7 Å². The quantitative estimate of drug-likeness (QED) is 0.329. The Morgan fingerprint density at radius 3 is 2.42 bits per heavy atom. The van der Waals surface area contributed by atoms with Crippen molar-refractivity contribution in [1.29, 1.82) is 0 Å². The molecule has 0 unspecified atom stereocenters. The lowest BCUT2D eigenvalue weighted by molar-refractivity contribution is -0.148. The molecule has 0 aromatic heterocycles. The molecule has 5 rings (SSSR count). The van der Waals surface area contributed by atoms with Gasteiger partial charge >= 0.3 is 5.97 Å². The van der Waals surface area contributed by atoms with Gasteiger partial charge in [0.05, 0.1) is 0 Å². The lowest BCUT2D eigenvalue weighted by Crippen LogP contribution is -2.50. The van der Waals surface area contributed by atoms with Crippen LogP contribution in [-0.2, 0) is 9.53 Å². The zero-order valence-corrected chi connectivity index (χ0v) is 19.0. The summed E-state index contributed by atoms with van der Waals surface area (Å²) < 4.78 is 5.56. The predicted octanol–water partition coefficient (Wildman–Crippen LogP) is 6.30. The molecular formula is C28H34O3. The zero-order chi connectivity index (χ0) is 21.8. The maximum atomic E-state index is 13.4. The van der Waals surface area contributed by atoms with Crippen molar-refractivity contribution >= 4 is 11.8 Å². The van der Waals surface area contributed by atoms with Gasteiger partial charge in [0.15, 0.2) is 5.78 Å². The Hall–Kier alpha value is -2.16. The SMILES string of the molecule is CC(=O)O[C@@H]1CC[C@@]2(C)C(=CC[C@@H]3[C@H]4CC=C(C(=O)c5ccccc5)[C@@]4(C)CC[C@@H]32)C1. The normalized spacial score (nSPS) is 38.8. The van der Waals surface area contributed by atoms with Crippen LogP contribution < -0.4 is 0 Å². The molecule has 3 nitrogen and oxygen atoms in total. The number of ether oxygens (including phenoxy) is 1. The minimum Gasteiger partial charge on any atom is -0.462 e. The molecule has 0 aliphatic heterocycles. The van der Waals surface area contributed by atoms with Gasteiger partial charge in [0.2, 0.25) is 0 Å². The number of Topliss-reactive ketones (excluding diaryl/α,β-unsaturated/α-hetero) is 1. The van der Waals surface area contributed by atoms with Gasteiger partial charge < -0.3 is 4.74 Å². The number of fused-ring (bicyclic) bond motifs is 5. The second kappa shape index (κ2) is 7.46. The molecular weight excluding hydrogens is 384 g/mol. The van der Waals surface area contributed by atoms with Gasteiger partial charge in [-0.25, -0.2) is 0 Å². The maximum absolute atomic E-state index is 13.4. The fraction of sp³-hybridized carbons (Fsp3) is 0.571. The number of allylic oxidation sites excluding steroid dienone is 3. The Labute approximate surface area is 185 Å². The largest absolute Gasteiger partial charge is 0.462 e. The summed E-state index contributed by atoms with van der Waals surface area (Å²) in [7, 11) is 0. The van der Waals surface area contributed by atoms with Crippen LogP contribution in [0.2, 0.25) is 0 Å². The number of carbonyl (C=O) groups is 2. The van der Waals surface area contributed by atoms with Crippen molar-refractivity contribution in [1.82, 2.24) is 0 Å². The highest BCUT2D eigenvalue weighted by Gasteiger charge is 2.57. The van der Waals surface area contributed by atoms with E-state index < -0.39 is 0 Å². The van der Waals surface area contributed by atoms with Crippen molar-refractivity contribution in [3.63, 3.8) is 0 Å². The summed E-state index contributed by atoms with van der Waals surface area (Å²) in [6.07, 6.45) is 12.2. The van der Waals surface area contributed by atoms with Gasteiger partial charge in [-0.1, -0.05) is 61.9 Å². The minimum atomic E-state index is -0.163. The molecule has 2 fully saturated rings. The number of benzene rings is 1. The molecule has 1 aromatic carbocycles.